The number of aliphatic imine (C=N–C) groups is 1. The monoisotopic (exact) mass is 397 g/mol. The molecule has 0 radical (unpaired) electrons. The Balaban J connectivity index is 2.32. The molecule has 0 atom stereocenters. The van der Waals surface area contributed by atoms with Crippen LogP contribution in [-0.4, -0.2) is 60.3 Å². The van der Waals surface area contributed by atoms with Gasteiger partial charge in [0.1, 0.15) is 5.60 Å². The van der Waals surface area contributed by atoms with E-state index in [1.807, 2.05) is 41.5 Å². The van der Waals surface area contributed by atoms with Crippen LogP contribution in [0, 0.1) is 6.92 Å². The Labute approximate surface area is 167 Å². The number of thiazole rings is 1. The van der Waals surface area contributed by atoms with Gasteiger partial charge in [0.25, 0.3) is 0 Å². The minimum absolute atomic E-state index is 0.0962. The predicted octanol–water partition coefficient (Wildman–Crippen LogP) is 3.19. The van der Waals surface area contributed by atoms with E-state index in [4.69, 9.17) is 4.74 Å². The van der Waals surface area contributed by atoms with Gasteiger partial charge in [-0.3, -0.25) is 4.99 Å². The van der Waals surface area contributed by atoms with E-state index in [-0.39, 0.29) is 12.1 Å². The molecule has 1 aromatic heterocycles. The van der Waals surface area contributed by atoms with Crippen molar-refractivity contribution >= 4 is 23.4 Å². The summed E-state index contributed by atoms with van der Waals surface area (Å²) in [7, 11) is 1.75. The zero-order chi connectivity index (χ0) is 20.4. The molecule has 0 saturated heterocycles. The van der Waals surface area contributed by atoms with Crippen molar-refractivity contribution in [2.24, 2.45) is 4.99 Å². The maximum absolute atomic E-state index is 12.3. The first-order valence-corrected chi connectivity index (χ1v) is 10.4. The zero-order valence-electron chi connectivity index (χ0n) is 17.8. The van der Waals surface area contributed by atoms with Crippen molar-refractivity contribution in [1.29, 1.82) is 0 Å². The summed E-state index contributed by atoms with van der Waals surface area (Å²) in [5.74, 6) is 0.760. The van der Waals surface area contributed by atoms with Gasteiger partial charge in [0.05, 0.1) is 10.7 Å². The molecule has 1 heterocycles. The lowest BCUT2D eigenvalue weighted by atomic mass is 10.2. The molecule has 0 unspecified atom stereocenters. The number of amides is 1. The molecule has 0 spiro atoms. The van der Waals surface area contributed by atoms with Gasteiger partial charge < -0.3 is 20.3 Å². The maximum Gasteiger partial charge on any atom is 0.410 e. The molecule has 1 aromatic rings. The summed E-state index contributed by atoms with van der Waals surface area (Å²) in [5.41, 5.74) is 0.620. The predicted molar refractivity (Wildman–Crippen MR) is 113 cm³/mol. The van der Waals surface area contributed by atoms with E-state index in [1.165, 1.54) is 0 Å². The minimum atomic E-state index is -0.482. The summed E-state index contributed by atoms with van der Waals surface area (Å²) in [6, 6.07) is 0.0962. The second-order valence-electron chi connectivity index (χ2n) is 7.65. The smallest absolute Gasteiger partial charge is 0.410 e. The third kappa shape index (κ3) is 9.60. The highest BCUT2D eigenvalue weighted by atomic mass is 32.1. The van der Waals surface area contributed by atoms with Gasteiger partial charge in [-0.2, -0.15) is 0 Å². The van der Waals surface area contributed by atoms with Crippen LogP contribution in [0.1, 0.15) is 51.7 Å². The van der Waals surface area contributed by atoms with Gasteiger partial charge in [-0.25, -0.2) is 9.78 Å². The molecule has 0 aromatic carbocycles. The van der Waals surface area contributed by atoms with Crippen LogP contribution in [0.25, 0.3) is 0 Å². The zero-order valence-corrected chi connectivity index (χ0v) is 18.6. The average molecular weight is 398 g/mol. The summed E-state index contributed by atoms with van der Waals surface area (Å²) in [6.07, 6.45) is 1.41. The molecule has 0 bridgehead atoms. The summed E-state index contributed by atoms with van der Waals surface area (Å²) in [4.78, 5) is 22.7. The molecule has 0 aliphatic heterocycles. The molecule has 154 valence electrons. The number of ether oxygens (including phenoxy) is 1. The molecule has 1 amide bonds. The summed E-state index contributed by atoms with van der Waals surface area (Å²) >= 11 is 1.67. The van der Waals surface area contributed by atoms with Crippen LogP contribution in [0.3, 0.4) is 0 Å². The van der Waals surface area contributed by atoms with Crippen LogP contribution >= 0.6 is 11.3 Å². The first-order chi connectivity index (χ1) is 12.6. The highest BCUT2D eigenvalue weighted by Gasteiger charge is 2.23. The fourth-order valence-electron chi connectivity index (χ4n) is 2.39. The van der Waals surface area contributed by atoms with E-state index in [1.54, 1.807) is 23.3 Å². The number of carbonyl (C=O) groups excluding carboxylic acids is 1. The first kappa shape index (κ1) is 23.2. The van der Waals surface area contributed by atoms with Gasteiger partial charge in [-0.1, -0.05) is 0 Å². The van der Waals surface area contributed by atoms with Crippen molar-refractivity contribution in [2.75, 3.05) is 26.7 Å². The Morgan fingerprint density at radius 1 is 1.33 bits per heavy atom. The SMILES string of the molecule is CN=C(NCCCN(C(=O)OC(C)(C)C)C(C)C)NCCc1csc(C)n1. The van der Waals surface area contributed by atoms with Gasteiger partial charge in [0.2, 0.25) is 0 Å². The summed E-state index contributed by atoms with van der Waals surface area (Å²) in [6.45, 7) is 13.8. The van der Waals surface area contributed by atoms with E-state index in [0.717, 1.165) is 42.6 Å². The standard InChI is InChI=1S/C19H35N5O2S/c1-14(2)24(18(25)26-19(4,5)6)12-8-10-21-17(20-7)22-11-9-16-13-27-15(3)23-16/h13-14H,8-12H2,1-7H3,(H2,20,21,22). The van der Waals surface area contributed by atoms with Gasteiger partial charge >= 0.3 is 6.09 Å². The third-order valence-corrected chi connectivity index (χ3v) is 4.51. The Hall–Kier alpha value is -1.83. The van der Waals surface area contributed by atoms with Crippen LogP contribution in [-0.2, 0) is 11.2 Å². The number of hydrogen-bond acceptors (Lipinski definition) is 5. The van der Waals surface area contributed by atoms with E-state index < -0.39 is 5.60 Å². The largest absolute Gasteiger partial charge is 0.444 e. The minimum Gasteiger partial charge on any atom is -0.444 e. The van der Waals surface area contributed by atoms with Crippen LogP contribution in [0.5, 0.6) is 0 Å². The maximum atomic E-state index is 12.3. The summed E-state index contributed by atoms with van der Waals surface area (Å²) < 4.78 is 5.48. The Kier molecular flexibility index (Phi) is 9.55. The normalized spacial score (nSPS) is 12.2. The Morgan fingerprint density at radius 3 is 2.52 bits per heavy atom. The Morgan fingerprint density at radius 2 is 2.00 bits per heavy atom. The highest BCUT2D eigenvalue weighted by molar-refractivity contribution is 7.09. The van der Waals surface area contributed by atoms with Crippen molar-refractivity contribution in [2.45, 2.75) is 66.0 Å². The number of nitrogens with zero attached hydrogens (tertiary/aromatic N) is 3. The quantitative estimate of drug-likeness (QED) is 0.400. The highest BCUT2D eigenvalue weighted by Crippen LogP contribution is 2.12. The number of guanidine groups is 1. The van der Waals surface area contributed by atoms with Crippen LogP contribution in [0.15, 0.2) is 10.4 Å². The van der Waals surface area contributed by atoms with Crippen LogP contribution in [0.2, 0.25) is 0 Å². The lowest BCUT2D eigenvalue weighted by Gasteiger charge is -2.30. The fourth-order valence-corrected chi connectivity index (χ4v) is 3.04. The second-order valence-corrected chi connectivity index (χ2v) is 8.72. The molecule has 0 aliphatic carbocycles. The molecule has 0 aliphatic rings. The number of rotatable bonds is 8. The van der Waals surface area contributed by atoms with Gasteiger partial charge in [-0.15, -0.1) is 11.3 Å². The molecule has 0 saturated carbocycles. The van der Waals surface area contributed by atoms with Crippen LogP contribution < -0.4 is 10.6 Å². The number of nitrogens with one attached hydrogen (secondary N) is 2. The topological polar surface area (TPSA) is 78.9 Å². The van der Waals surface area contributed by atoms with Crippen molar-refractivity contribution in [3.8, 4) is 0 Å². The number of carbonyl (C=O) groups is 1. The van der Waals surface area contributed by atoms with Crippen molar-refractivity contribution < 1.29 is 9.53 Å². The molecule has 1 rings (SSSR count). The van der Waals surface area contributed by atoms with E-state index >= 15 is 0 Å². The first-order valence-electron chi connectivity index (χ1n) is 9.47. The third-order valence-electron chi connectivity index (χ3n) is 3.68. The van der Waals surface area contributed by atoms with E-state index in [0.29, 0.717) is 6.54 Å². The van der Waals surface area contributed by atoms with Gasteiger partial charge in [0.15, 0.2) is 5.96 Å². The van der Waals surface area contributed by atoms with Gasteiger partial charge in [0, 0.05) is 44.5 Å². The molecule has 8 heteroatoms. The number of hydrogen-bond donors (Lipinski definition) is 2. The average Bonchev–Trinajstić information content (AvgIpc) is 2.96. The van der Waals surface area contributed by atoms with Crippen molar-refractivity contribution in [1.82, 2.24) is 20.5 Å². The molecule has 2 N–H and O–H groups in total. The number of aryl methyl sites for hydroxylation is 1. The lowest BCUT2D eigenvalue weighted by Crippen LogP contribution is -2.43. The van der Waals surface area contributed by atoms with Crippen molar-refractivity contribution in [3.05, 3.63) is 16.1 Å². The molecular weight excluding hydrogens is 362 g/mol. The van der Waals surface area contributed by atoms with Crippen LogP contribution in [0.4, 0.5) is 4.79 Å². The fraction of sp³-hybridized carbons (Fsp3) is 0.737. The molecule has 7 nitrogen and oxygen atoms in total. The van der Waals surface area contributed by atoms with Gasteiger partial charge in [-0.05, 0) is 48.0 Å². The summed E-state index contributed by atoms with van der Waals surface area (Å²) in [5, 5.41) is 9.75. The molecule has 0 fully saturated rings. The van der Waals surface area contributed by atoms with E-state index in [9.17, 15) is 4.79 Å². The molecular formula is C19H35N5O2S. The Bertz CT molecular complexity index is 607. The second kappa shape index (κ2) is 11.1. The lowest BCUT2D eigenvalue weighted by molar-refractivity contribution is 0.0190. The molecule has 27 heavy (non-hydrogen) atoms. The number of aromatic nitrogens is 1. The van der Waals surface area contributed by atoms with Crippen molar-refractivity contribution in [3.63, 3.8) is 0 Å². The van der Waals surface area contributed by atoms with E-state index in [2.05, 4.69) is 26.0 Å².